The van der Waals surface area contributed by atoms with E-state index in [0.29, 0.717) is 17.5 Å². The van der Waals surface area contributed by atoms with Crippen molar-refractivity contribution in [2.75, 3.05) is 0 Å². The van der Waals surface area contributed by atoms with Crippen LogP contribution in [0, 0.1) is 0 Å². The van der Waals surface area contributed by atoms with E-state index in [0.717, 1.165) is 57.3 Å². The third-order valence-electron chi connectivity index (χ3n) is 11.1. The van der Waals surface area contributed by atoms with Gasteiger partial charge in [0.1, 0.15) is 0 Å². The molecule has 284 valence electrons. The van der Waals surface area contributed by atoms with Crippen molar-refractivity contribution in [1.29, 1.82) is 0 Å². The molecule has 0 saturated carbocycles. The van der Waals surface area contributed by atoms with Crippen molar-refractivity contribution in [3.8, 4) is 89.8 Å². The molecule has 0 bridgehead atoms. The first-order valence-corrected chi connectivity index (χ1v) is 20.6. The Morgan fingerprint density at radius 3 is 1.20 bits per heavy atom. The van der Waals surface area contributed by atoms with E-state index in [1.54, 1.807) is 0 Å². The van der Waals surface area contributed by atoms with Gasteiger partial charge in [-0.3, -0.25) is 0 Å². The van der Waals surface area contributed by atoms with Gasteiger partial charge in [0.25, 0.3) is 0 Å². The van der Waals surface area contributed by atoms with Crippen LogP contribution in [0.2, 0.25) is 0 Å². The Balaban J connectivity index is 1.22. The van der Waals surface area contributed by atoms with Crippen molar-refractivity contribution in [2.45, 2.75) is 12.8 Å². The molecular formula is C57H41N3. The summed E-state index contributed by atoms with van der Waals surface area (Å²) < 4.78 is 0. The summed E-state index contributed by atoms with van der Waals surface area (Å²) in [5.41, 5.74) is 16.9. The largest absolute Gasteiger partial charge is 0.208 e. The van der Waals surface area contributed by atoms with Gasteiger partial charge in [0.2, 0.25) is 0 Å². The average molecular weight is 768 g/mol. The topological polar surface area (TPSA) is 38.7 Å². The highest BCUT2D eigenvalue weighted by Gasteiger charge is 2.25. The predicted octanol–water partition coefficient (Wildman–Crippen LogP) is 14.9. The van der Waals surface area contributed by atoms with Gasteiger partial charge in [0.05, 0.1) is 0 Å². The van der Waals surface area contributed by atoms with Gasteiger partial charge < -0.3 is 0 Å². The van der Waals surface area contributed by atoms with Crippen molar-refractivity contribution in [1.82, 2.24) is 15.0 Å². The van der Waals surface area contributed by atoms with Gasteiger partial charge >= 0.3 is 0 Å². The van der Waals surface area contributed by atoms with E-state index in [-0.39, 0.29) is 0 Å². The Morgan fingerprint density at radius 1 is 0.283 bits per heavy atom. The molecule has 3 heteroatoms. The first-order chi connectivity index (χ1) is 29.8. The maximum Gasteiger partial charge on any atom is 0.164 e. The van der Waals surface area contributed by atoms with E-state index in [4.69, 9.17) is 15.0 Å². The number of hydrogen-bond acceptors (Lipinski definition) is 3. The van der Waals surface area contributed by atoms with E-state index in [1.165, 1.54) is 39.0 Å². The van der Waals surface area contributed by atoms with Gasteiger partial charge in [-0.2, -0.15) is 0 Å². The Hall–Kier alpha value is -7.75. The van der Waals surface area contributed by atoms with Crippen molar-refractivity contribution >= 4 is 5.57 Å². The summed E-state index contributed by atoms with van der Waals surface area (Å²) >= 11 is 0. The van der Waals surface area contributed by atoms with Crippen LogP contribution >= 0.6 is 0 Å². The third kappa shape index (κ3) is 7.41. The molecule has 0 fully saturated rings. The maximum absolute atomic E-state index is 5.22. The second-order valence-corrected chi connectivity index (χ2v) is 15.0. The Morgan fingerprint density at radius 2 is 0.683 bits per heavy atom. The standard InChI is InChI=1S/C57H41N3/c1-7-21-40(22-8-1)46-33-19-35-48(37-46)56-58-55(45-31-17-6-18-32-45)59-57(60-56)49-36-20-34-47(38-49)51-39-50(41-23-9-2-10-24-41)52(42-25-11-3-12-26-42)54(44-29-15-5-16-30-44)53(51)43-27-13-4-14-28-43/h1-4,6-15,17-39H,5,16H2. The van der Waals surface area contributed by atoms with Crippen LogP contribution in [-0.2, 0) is 0 Å². The highest BCUT2D eigenvalue weighted by Crippen LogP contribution is 2.49. The number of benzene rings is 8. The summed E-state index contributed by atoms with van der Waals surface area (Å²) in [6.45, 7) is 0. The molecule has 3 nitrogen and oxygen atoms in total. The van der Waals surface area contributed by atoms with E-state index < -0.39 is 0 Å². The molecule has 0 aliphatic heterocycles. The van der Waals surface area contributed by atoms with Crippen LogP contribution in [0.4, 0.5) is 0 Å². The van der Waals surface area contributed by atoms with Gasteiger partial charge in [-0.1, -0.05) is 206 Å². The SMILES string of the molecule is C1=CC(c2c(-c3ccccc3)c(-c3ccccc3)cc(-c3cccc(-c4nc(-c5ccccc5)nc(-c5cccc(-c6ccccc6)c5)n4)c3)c2-c2ccccc2)=CCC1. The smallest absolute Gasteiger partial charge is 0.164 e. The second kappa shape index (κ2) is 16.6. The summed E-state index contributed by atoms with van der Waals surface area (Å²) in [6, 6.07) is 72.7. The van der Waals surface area contributed by atoms with Crippen molar-refractivity contribution in [3.63, 3.8) is 0 Å². The highest BCUT2D eigenvalue weighted by atomic mass is 15.0. The minimum atomic E-state index is 0.620. The van der Waals surface area contributed by atoms with Crippen LogP contribution in [-0.4, -0.2) is 15.0 Å². The normalized spacial score (nSPS) is 12.2. The minimum absolute atomic E-state index is 0.620. The number of hydrogen-bond donors (Lipinski definition) is 0. The van der Waals surface area contributed by atoms with Gasteiger partial charge in [-0.25, -0.2) is 15.0 Å². The minimum Gasteiger partial charge on any atom is -0.208 e. The lowest BCUT2D eigenvalue weighted by Crippen LogP contribution is -2.02. The molecular weight excluding hydrogens is 727 g/mol. The van der Waals surface area contributed by atoms with E-state index in [9.17, 15) is 0 Å². The van der Waals surface area contributed by atoms with Gasteiger partial charge in [0.15, 0.2) is 17.5 Å². The Bertz CT molecular complexity index is 2990. The maximum atomic E-state index is 5.22. The summed E-state index contributed by atoms with van der Waals surface area (Å²) in [7, 11) is 0. The fourth-order valence-corrected chi connectivity index (χ4v) is 8.30. The van der Waals surface area contributed by atoms with Crippen LogP contribution in [0.1, 0.15) is 18.4 Å². The second-order valence-electron chi connectivity index (χ2n) is 15.0. The van der Waals surface area contributed by atoms with E-state index in [2.05, 4.69) is 200 Å². The quantitative estimate of drug-likeness (QED) is 0.147. The molecule has 60 heavy (non-hydrogen) atoms. The Labute approximate surface area is 351 Å². The molecule has 0 spiro atoms. The number of allylic oxidation sites excluding steroid dienone is 4. The molecule has 8 aromatic carbocycles. The molecule has 0 saturated heterocycles. The molecule has 0 atom stereocenters. The van der Waals surface area contributed by atoms with Gasteiger partial charge in [-0.05, 0) is 97.8 Å². The van der Waals surface area contributed by atoms with Crippen LogP contribution in [0.5, 0.6) is 0 Å². The summed E-state index contributed by atoms with van der Waals surface area (Å²) in [4.78, 5) is 15.5. The first kappa shape index (κ1) is 36.6. The van der Waals surface area contributed by atoms with Crippen LogP contribution in [0.3, 0.4) is 0 Å². The number of aromatic nitrogens is 3. The zero-order chi connectivity index (χ0) is 40.1. The third-order valence-corrected chi connectivity index (χ3v) is 11.1. The molecule has 1 heterocycles. The molecule has 1 aliphatic carbocycles. The van der Waals surface area contributed by atoms with E-state index in [1.807, 2.05) is 24.3 Å². The van der Waals surface area contributed by atoms with Gasteiger partial charge in [0, 0.05) is 16.7 Å². The van der Waals surface area contributed by atoms with Crippen molar-refractivity contribution < 1.29 is 0 Å². The molecule has 1 aliphatic rings. The molecule has 10 rings (SSSR count). The van der Waals surface area contributed by atoms with Crippen molar-refractivity contribution in [2.24, 2.45) is 0 Å². The number of rotatable bonds is 9. The monoisotopic (exact) mass is 767 g/mol. The summed E-state index contributed by atoms with van der Waals surface area (Å²) in [6.07, 6.45) is 9.07. The van der Waals surface area contributed by atoms with Crippen LogP contribution in [0.25, 0.3) is 95.4 Å². The molecule has 0 radical (unpaired) electrons. The fraction of sp³-hybridized carbons (Fsp3) is 0.0351. The fourth-order valence-electron chi connectivity index (χ4n) is 8.30. The highest BCUT2D eigenvalue weighted by molar-refractivity contribution is 6.06. The zero-order valence-electron chi connectivity index (χ0n) is 33.1. The molecule has 0 amide bonds. The summed E-state index contributed by atoms with van der Waals surface area (Å²) in [5, 5.41) is 0. The first-order valence-electron chi connectivity index (χ1n) is 20.6. The van der Waals surface area contributed by atoms with Crippen LogP contribution in [0.15, 0.2) is 224 Å². The lowest BCUT2D eigenvalue weighted by atomic mass is 9.78. The van der Waals surface area contributed by atoms with E-state index >= 15 is 0 Å². The van der Waals surface area contributed by atoms with Crippen molar-refractivity contribution in [3.05, 3.63) is 230 Å². The average Bonchev–Trinajstić information content (AvgIpc) is 3.35. The summed E-state index contributed by atoms with van der Waals surface area (Å²) in [5.74, 6) is 1.88. The molecule has 1 aromatic heterocycles. The predicted molar refractivity (Wildman–Crippen MR) is 250 cm³/mol. The molecule has 9 aromatic rings. The van der Waals surface area contributed by atoms with Gasteiger partial charge in [-0.15, -0.1) is 0 Å². The molecule has 0 unspecified atom stereocenters. The lowest BCUT2D eigenvalue weighted by molar-refractivity contribution is 1.04. The number of nitrogens with zero attached hydrogens (tertiary/aromatic N) is 3. The van der Waals surface area contributed by atoms with Crippen LogP contribution < -0.4 is 0 Å². The zero-order valence-corrected chi connectivity index (χ0v) is 33.1. The molecule has 0 N–H and O–H groups in total. The Kier molecular flexibility index (Phi) is 10.1. The lowest BCUT2D eigenvalue weighted by Gasteiger charge is -2.25.